The van der Waals surface area contributed by atoms with Crippen LogP contribution in [0.4, 0.5) is 0 Å². The second-order valence-corrected chi connectivity index (χ2v) is 7.25. The predicted octanol–water partition coefficient (Wildman–Crippen LogP) is 3.80. The molecule has 1 aliphatic heterocycles. The van der Waals surface area contributed by atoms with E-state index in [1.54, 1.807) is 6.07 Å². The van der Waals surface area contributed by atoms with Crippen molar-refractivity contribution in [2.45, 2.75) is 6.04 Å². The molecular weight excluding hydrogens is 390 g/mol. The van der Waals surface area contributed by atoms with Gasteiger partial charge in [0.15, 0.2) is 11.5 Å². The first-order valence-corrected chi connectivity index (χ1v) is 9.97. The molecule has 0 bridgehead atoms. The van der Waals surface area contributed by atoms with E-state index in [9.17, 15) is 4.79 Å². The van der Waals surface area contributed by atoms with Crippen molar-refractivity contribution in [2.75, 3.05) is 32.8 Å². The average molecular weight is 412 g/mol. The van der Waals surface area contributed by atoms with Crippen LogP contribution in [0, 0.1) is 0 Å². The molecule has 1 fully saturated rings. The standard InChI is InChI=1S/C22H22ClN3O3/c23-18-9-5-4-8-17(18)20(26-10-12-28-13-11-26)15-24-22(27)19-14-21(29-25-19)16-6-2-1-3-7-16/h1-9,14,20H,10-13,15H2,(H,24,27)/t20-/m1/s1. The molecule has 3 aromatic rings. The van der Waals surface area contributed by atoms with Crippen LogP contribution in [0.3, 0.4) is 0 Å². The Hall–Kier alpha value is -2.67. The average Bonchev–Trinajstić information content (AvgIpc) is 3.27. The maximum atomic E-state index is 12.7. The fraction of sp³-hybridized carbons (Fsp3) is 0.273. The van der Waals surface area contributed by atoms with Crippen LogP contribution in [0.1, 0.15) is 22.1 Å². The molecule has 150 valence electrons. The van der Waals surface area contributed by atoms with Crippen molar-refractivity contribution in [1.82, 2.24) is 15.4 Å². The summed E-state index contributed by atoms with van der Waals surface area (Å²) in [6, 6.07) is 18.9. The van der Waals surface area contributed by atoms with Gasteiger partial charge in [0.1, 0.15) is 0 Å². The Balaban J connectivity index is 1.48. The van der Waals surface area contributed by atoms with E-state index in [1.165, 1.54) is 0 Å². The van der Waals surface area contributed by atoms with Gasteiger partial charge >= 0.3 is 0 Å². The second-order valence-electron chi connectivity index (χ2n) is 6.84. The third kappa shape index (κ3) is 4.67. The number of morpholine rings is 1. The number of rotatable bonds is 6. The van der Waals surface area contributed by atoms with Gasteiger partial charge in [-0.05, 0) is 11.6 Å². The van der Waals surface area contributed by atoms with Crippen LogP contribution >= 0.6 is 11.6 Å². The van der Waals surface area contributed by atoms with Crippen LogP contribution in [0.2, 0.25) is 5.02 Å². The van der Waals surface area contributed by atoms with Crippen molar-refractivity contribution in [2.24, 2.45) is 0 Å². The summed E-state index contributed by atoms with van der Waals surface area (Å²) in [6.45, 7) is 3.31. The van der Waals surface area contributed by atoms with Gasteiger partial charge < -0.3 is 14.6 Å². The highest BCUT2D eigenvalue weighted by atomic mass is 35.5. The van der Waals surface area contributed by atoms with Gasteiger partial charge in [0.2, 0.25) is 0 Å². The van der Waals surface area contributed by atoms with Crippen LogP contribution < -0.4 is 5.32 Å². The minimum absolute atomic E-state index is 0.0444. The lowest BCUT2D eigenvalue weighted by Crippen LogP contribution is -2.44. The van der Waals surface area contributed by atoms with Gasteiger partial charge in [-0.1, -0.05) is 65.3 Å². The molecule has 1 saturated heterocycles. The van der Waals surface area contributed by atoms with Crippen molar-refractivity contribution in [1.29, 1.82) is 0 Å². The number of amides is 1. The Morgan fingerprint density at radius 3 is 2.59 bits per heavy atom. The first kappa shape index (κ1) is 19.6. The number of benzene rings is 2. The molecule has 1 atom stereocenters. The zero-order chi connectivity index (χ0) is 20.1. The Labute approximate surface area is 174 Å². The van der Waals surface area contributed by atoms with E-state index in [0.717, 1.165) is 24.2 Å². The molecule has 6 nitrogen and oxygen atoms in total. The van der Waals surface area contributed by atoms with Gasteiger partial charge in [0, 0.05) is 36.3 Å². The predicted molar refractivity (Wildman–Crippen MR) is 111 cm³/mol. The summed E-state index contributed by atoms with van der Waals surface area (Å²) in [7, 11) is 0. The molecule has 0 aliphatic carbocycles. The lowest BCUT2D eigenvalue weighted by molar-refractivity contribution is 0.0162. The topological polar surface area (TPSA) is 67.6 Å². The van der Waals surface area contributed by atoms with Gasteiger partial charge in [-0.2, -0.15) is 0 Å². The zero-order valence-corrected chi connectivity index (χ0v) is 16.6. The zero-order valence-electron chi connectivity index (χ0n) is 15.9. The first-order chi connectivity index (χ1) is 14.2. The Morgan fingerprint density at radius 1 is 1.10 bits per heavy atom. The van der Waals surface area contributed by atoms with Crippen LogP contribution in [0.25, 0.3) is 11.3 Å². The minimum atomic E-state index is -0.277. The first-order valence-electron chi connectivity index (χ1n) is 9.59. The molecule has 1 N–H and O–H groups in total. The van der Waals surface area contributed by atoms with E-state index in [2.05, 4.69) is 15.4 Å². The number of carbonyl (C=O) groups excluding carboxylic acids is 1. The van der Waals surface area contributed by atoms with E-state index in [4.69, 9.17) is 20.9 Å². The van der Waals surface area contributed by atoms with Crippen molar-refractivity contribution in [3.05, 3.63) is 76.9 Å². The highest BCUT2D eigenvalue weighted by molar-refractivity contribution is 6.31. The number of nitrogens with one attached hydrogen (secondary N) is 1. The molecule has 1 aromatic heterocycles. The number of aromatic nitrogens is 1. The molecule has 7 heteroatoms. The summed E-state index contributed by atoms with van der Waals surface area (Å²) >= 11 is 6.44. The van der Waals surface area contributed by atoms with Crippen LogP contribution in [-0.4, -0.2) is 48.8 Å². The lowest BCUT2D eigenvalue weighted by atomic mass is 10.0. The molecule has 0 radical (unpaired) electrons. The second kappa shape index (κ2) is 9.22. The number of carbonyl (C=O) groups is 1. The summed E-state index contributed by atoms with van der Waals surface area (Å²) < 4.78 is 10.8. The number of halogens is 1. The number of ether oxygens (including phenoxy) is 1. The SMILES string of the molecule is O=C(NC[C@H](c1ccccc1Cl)N1CCOCC1)c1cc(-c2ccccc2)on1. The normalized spacial score (nSPS) is 15.8. The molecular formula is C22H22ClN3O3. The van der Waals surface area contributed by atoms with E-state index in [0.29, 0.717) is 30.5 Å². The molecule has 4 rings (SSSR count). The third-order valence-electron chi connectivity index (χ3n) is 5.01. The molecule has 2 heterocycles. The molecule has 0 saturated carbocycles. The van der Waals surface area contributed by atoms with E-state index in [-0.39, 0.29) is 17.6 Å². The smallest absolute Gasteiger partial charge is 0.273 e. The fourth-order valence-corrected chi connectivity index (χ4v) is 3.73. The molecule has 2 aromatic carbocycles. The highest BCUT2D eigenvalue weighted by Gasteiger charge is 2.25. The summed E-state index contributed by atoms with van der Waals surface area (Å²) in [5, 5.41) is 7.60. The molecule has 1 amide bonds. The Bertz CT molecular complexity index is 955. The van der Waals surface area contributed by atoms with Crippen molar-refractivity contribution in [3.8, 4) is 11.3 Å². The van der Waals surface area contributed by atoms with Crippen LogP contribution in [0.15, 0.2) is 65.2 Å². The van der Waals surface area contributed by atoms with E-state index < -0.39 is 0 Å². The van der Waals surface area contributed by atoms with Crippen LogP contribution in [-0.2, 0) is 4.74 Å². The molecule has 1 aliphatic rings. The highest BCUT2D eigenvalue weighted by Crippen LogP contribution is 2.28. The van der Waals surface area contributed by atoms with Crippen molar-refractivity contribution in [3.63, 3.8) is 0 Å². The maximum Gasteiger partial charge on any atom is 0.273 e. The molecule has 0 spiro atoms. The van der Waals surface area contributed by atoms with Gasteiger partial charge in [0.25, 0.3) is 5.91 Å². The Morgan fingerprint density at radius 2 is 1.83 bits per heavy atom. The van der Waals surface area contributed by atoms with Gasteiger partial charge in [-0.25, -0.2) is 0 Å². The van der Waals surface area contributed by atoms with Crippen molar-refractivity contribution < 1.29 is 14.1 Å². The number of nitrogens with zero attached hydrogens (tertiary/aromatic N) is 2. The molecule has 29 heavy (non-hydrogen) atoms. The van der Waals surface area contributed by atoms with E-state index in [1.807, 2.05) is 54.6 Å². The van der Waals surface area contributed by atoms with Gasteiger partial charge in [-0.15, -0.1) is 0 Å². The van der Waals surface area contributed by atoms with Crippen LogP contribution in [0.5, 0.6) is 0 Å². The lowest BCUT2D eigenvalue weighted by Gasteiger charge is -2.35. The summed E-state index contributed by atoms with van der Waals surface area (Å²) in [5.74, 6) is 0.285. The Kier molecular flexibility index (Phi) is 6.24. The monoisotopic (exact) mass is 411 g/mol. The van der Waals surface area contributed by atoms with E-state index >= 15 is 0 Å². The number of hydrogen-bond donors (Lipinski definition) is 1. The van der Waals surface area contributed by atoms with Gasteiger partial charge in [-0.3, -0.25) is 9.69 Å². The quantitative estimate of drug-likeness (QED) is 0.668. The number of hydrogen-bond acceptors (Lipinski definition) is 5. The third-order valence-corrected chi connectivity index (χ3v) is 5.35. The largest absolute Gasteiger partial charge is 0.379 e. The minimum Gasteiger partial charge on any atom is -0.379 e. The summed E-state index contributed by atoms with van der Waals surface area (Å²) in [5.41, 5.74) is 2.12. The molecule has 0 unspecified atom stereocenters. The van der Waals surface area contributed by atoms with Crippen molar-refractivity contribution >= 4 is 17.5 Å². The summed E-state index contributed by atoms with van der Waals surface area (Å²) in [4.78, 5) is 15.0. The van der Waals surface area contributed by atoms with Gasteiger partial charge in [0.05, 0.1) is 19.3 Å². The maximum absolute atomic E-state index is 12.7. The summed E-state index contributed by atoms with van der Waals surface area (Å²) in [6.07, 6.45) is 0. The fourth-order valence-electron chi connectivity index (χ4n) is 3.47.